The van der Waals surface area contributed by atoms with E-state index in [-0.39, 0.29) is 11.9 Å². The molecule has 1 fully saturated rings. The van der Waals surface area contributed by atoms with Crippen LogP contribution in [-0.2, 0) is 7.05 Å². The Morgan fingerprint density at radius 2 is 2.17 bits per heavy atom. The Morgan fingerprint density at radius 3 is 2.97 bits per heavy atom. The predicted octanol–water partition coefficient (Wildman–Crippen LogP) is 5.19. The van der Waals surface area contributed by atoms with Crippen molar-refractivity contribution in [2.75, 3.05) is 17.9 Å². The molecule has 2 aliphatic rings. The maximum Gasteiger partial charge on any atom is 0.192 e. The SMILES string of the molecule is Cn1nccc1C1CCCCN1C1CCOc2cc(SNc3nccs3)c(F)cc21. The van der Waals surface area contributed by atoms with Crippen LogP contribution in [0.5, 0.6) is 5.75 Å². The summed E-state index contributed by atoms with van der Waals surface area (Å²) in [7, 11) is 2.00. The highest BCUT2D eigenvalue weighted by Gasteiger charge is 2.35. The molecule has 30 heavy (non-hydrogen) atoms. The number of anilines is 1. The number of piperidine rings is 1. The molecule has 0 amide bonds. The molecule has 2 aromatic heterocycles. The summed E-state index contributed by atoms with van der Waals surface area (Å²) >= 11 is 2.72. The number of ether oxygens (including phenoxy) is 1. The van der Waals surface area contributed by atoms with E-state index in [9.17, 15) is 0 Å². The van der Waals surface area contributed by atoms with Gasteiger partial charge in [-0.1, -0.05) is 6.42 Å². The molecule has 3 aromatic rings. The molecule has 2 atom stereocenters. The third kappa shape index (κ3) is 3.81. The Hall–Kier alpha value is -2.10. The third-order valence-electron chi connectivity index (χ3n) is 5.90. The second-order valence-corrected chi connectivity index (χ2v) is 9.39. The zero-order valence-electron chi connectivity index (χ0n) is 16.8. The molecule has 5 rings (SSSR count). The second-order valence-electron chi connectivity index (χ2n) is 7.64. The number of hydrogen-bond donors (Lipinski definition) is 1. The fourth-order valence-electron chi connectivity index (χ4n) is 4.52. The van der Waals surface area contributed by atoms with Crippen molar-refractivity contribution >= 4 is 28.4 Å². The molecule has 1 aromatic carbocycles. The standard InChI is InChI=1S/C21H24FN5OS2/c1-26-17(5-7-24-26)18-4-2-3-9-27(18)16-6-10-28-19-13-20(15(22)12-14(16)19)30-25-21-23-8-11-29-21/h5,7-8,11-13,16,18H,2-4,6,9-10H2,1H3,(H,23,25). The lowest BCUT2D eigenvalue weighted by molar-refractivity contribution is 0.0626. The molecule has 0 saturated carbocycles. The number of halogens is 1. The number of nitrogens with zero attached hydrogens (tertiary/aromatic N) is 4. The molecular weight excluding hydrogens is 421 g/mol. The van der Waals surface area contributed by atoms with Crippen LogP contribution in [0.15, 0.2) is 40.9 Å². The topological polar surface area (TPSA) is 55.2 Å². The Morgan fingerprint density at radius 1 is 1.23 bits per heavy atom. The first-order valence-corrected chi connectivity index (χ1v) is 11.9. The molecule has 9 heteroatoms. The Balaban J connectivity index is 1.43. The summed E-state index contributed by atoms with van der Waals surface area (Å²) in [5.74, 6) is 0.554. The molecule has 2 unspecified atom stereocenters. The van der Waals surface area contributed by atoms with Crippen LogP contribution in [0.2, 0.25) is 0 Å². The van der Waals surface area contributed by atoms with Gasteiger partial charge < -0.3 is 9.46 Å². The van der Waals surface area contributed by atoms with Gasteiger partial charge in [0.15, 0.2) is 5.13 Å². The number of thiazole rings is 1. The normalized spacial score (nSPS) is 21.8. The summed E-state index contributed by atoms with van der Waals surface area (Å²) in [6, 6.07) is 6.04. The molecule has 6 nitrogen and oxygen atoms in total. The molecule has 1 N–H and O–H groups in total. The number of hydrogen-bond acceptors (Lipinski definition) is 7. The van der Waals surface area contributed by atoms with Crippen LogP contribution in [0.25, 0.3) is 0 Å². The first-order chi connectivity index (χ1) is 14.7. The highest BCUT2D eigenvalue weighted by molar-refractivity contribution is 8.00. The molecular formula is C21H24FN5OS2. The fourth-order valence-corrected chi connectivity index (χ4v) is 5.78. The molecule has 2 aliphatic heterocycles. The fraction of sp³-hybridized carbons (Fsp3) is 0.429. The van der Waals surface area contributed by atoms with Gasteiger partial charge in [-0.3, -0.25) is 9.58 Å². The lowest BCUT2D eigenvalue weighted by Crippen LogP contribution is -2.39. The minimum Gasteiger partial charge on any atom is -0.493 e. The van der Waals surface area contributed by atoms with Crippen LogP contribution in [-0.4, -0.2) is 32.8 Å². The van der Waals surface area contributed by atoms with Crippen LogP contribution in [0.3, 0.4) is 0 Å². The van der Waals surface area contributed by atoms with Gasteiger partial charge >= 0.3 is 0 Å². The Kier molecular flexibility index (Phi) is 5.66. The summed E-state index contributed by atoms with van der Waals surface area (Å²) < 4.78 is 26.0. The summed E-state index contributed by atoms with van der Waals surface area (Å²) in [5, 5.41) is 7.01. The maximum atomic E-state index is 15.0. The lowest BCUT2D eigenvalue weighted by Gasteiger charge is -2.43. The van der Waals surface area contributed by atoms with Crippen molar-refractivity contribution in [3.05, 3.63) is 53.0 Å². The first-order valence-electron chi connectivity index (χ1n) is 10.2. The molecule has 0 spiro atoms. The van der Waals surface area contributed by atoms with Gasteiger partial charge in [0, 0.05) is 42.8 Å². The number of likely N-dealkylation sites (tertiary alicyclic amines) is 1. The minimum absolute atomic E-state index is 0.148. The van der Waals surface area contributed by atoms with Crippen molar-refractivity contribution in [1.29, 1.82) is 0 Å². The Bertz CT molecular complexity index is 1010. The number of rotatable bonds is 5. The van der Waals surface area contributed by atoms with Crippen LogP contribution in [0.4, 0.5) is 9.52 Å². The quantitative estimate of drug-likeness (QED) is 0.546. The van der Waals surface area contributed by atoms with Gasteiger partial charge in [-0.25, -0.2) is 9.37 Å². The van der Waals surface area contributed by atoms with E-state index in [4.69, 9.17) is 4.74 Å². The van der Waals surface area contributed by atoms with Gasteiger partial charge in [0.25, 0.3) is 0 Å². The predicted molar refractivity (Wildman–Crippen MR) is 117 cm³/mol. The van der Waals surface area contributed by atoms with Gasteiger partial charge in [0.2, 0.25) is 0 Å². The van der Waals surface area contributed by atoms with Gasteiger partial charge in [0.1, 0.15) is 11.6 Å². The average Bonchev–Trinajstić information content (AvgIpc) is 3.43. The summed E-state index contributed by atoms with van der Waals surface area (Å²) in [5.41, 5.74) is 2.18. The van der Waals surface area contributed by atoms with E-state index in [0.717, 1.165) is 42.3 Å². The highest BCUT2D eigenvalue weighted by atomic mass is 32.2. The monoisotopic (exact) mass is 445 g/mol. The van der Waals surface area contributed by atoms with Gasteiger partial charge in [-0.15, -0.1) is 11.3 Å². The Labute approximate surface area is 183 Å². The molecule has 4 heterocycles. The van der Waals surface area contributed by atoms with Crippen molar-refractivity contribution in [2.24, 2.45) is 7.05 Å². The highest BCUT2D eigenvalue weighted by Crippen LogP contribution is 2.45. The third-order valence-corrected chi connectivity index (χ3v) is 7.54. The van der Waals surface area contributed by atoms with Crippen LogP contribution in [0, 0.1) is 5.82 Å². The van der Waals surface area contributed by atoms with Crippen LogP contribution in [0.1, 0.15) is 49.0 Å². The van der Waals surface area contributed by atoms with Crippen molar-refractivity contribution in [2.45, 2.75) is 42.7 Å². The van der Waals surface area contributed by atoms with E-state index in [1.165, 1.54) is 35.4 Å². The van der Waals surface area contributed by atoms with E-state index in [2.05, 4.69) is 25.8 Å². The number of benzene rings is 1. The van der Waals surface area contributed by atoms with Gasteiger partial charge in [0.05, 0.1) is 23.2 Å². The van der Waals surface area contributed by atoms with E-state index < -0.39 is 0 Å². The maximum absolute atomic E-state index is 15.0. The minimum atomic E-state index is -0.229. The van der Waals surface area contributed by atoms with Gasteiger partial charge in [-0.05, 0) is 49.5 Å². The van der Waals surface area contributed by atoms with Crippen molar-refractivity contribution < 1.29 is 9.13 Å². The van der Waals surface area contributed by atoms with Crippen LogP contribution < -0.4 is 9.46 Å². The summed E-state index contributed by atoms with van der Waals surface area (Å²) in [4.78, 5) is 7.23. The summed E-state index contributed by atoms with van der Waals surface area (Å²) in [6.45, 7) is 1.64. The zero-order chi connectivity index (χ0) is 20.5. The number of fused-ring (bicyclic) bond motifs is 1. The lowest BCUT2D eigenvalue weighted by atomic mass is 9.91. The molecule has 0 radical (unpaired) electrons. The van der Waals surface area contributed by atoms with E-state index in [1.807, 2.05) is 29.4 Å². The van der Waals surface area contributed by atoms with E-state index >= 15 is 4.39 Å². The number of aryl methyl sites for hydroxylation is 1. The number of nitrogens with one attached hydrogen (secondary N) is 1. The first kappa shape index (κ1) is 19.8. The van der Waals surface area contributed by atoms with E-state index in [1.54, 1.807) is 12.3 Å². The van der Waals surface area contributed by atoms with E-state index in [0.29, 0.717) is 17.5 Å². The van der Waals surface area contributed by atoms with Crippen molar-refractivity contribution in [3.8, 4) is 5.75 Å². The number of aromatic nitrogens is 3. The second kappa shape index (κ2) is 8.56. The largest absolute Gasteiger partial charge is 0.493 e. The molecule has 0 aliphatic carbocycles. The zero-order valence-corrected chi connectivity index (χ0v) is 18.4. The smallest absolute Gasteiger partial charge is 0.192 e. The molecule has 0 bridgehead atoms. The molecule has 158 valence electrons. The molecule has 1 saturated heterocycles. The van der Waals surface area contributed by atoms with Crippen molar-refractivity contribution in [1.82, 2.24) is 19.7 Å². The van der Waals surface area contributed by atoms with Crippen molar-refractivity contribution in [3.63, 3.8) is 0 Å². The van der Waals surface area contributed by atoms with Crippen LogP contribution >= 0.6 is 23.3 Å². The van der Waals surface area contributed by atoms with Gasteiger partial charge in [-0.2, -0.15) is 5.10 Å². The average molecular weight is 446 g/mol. The summed E-state index contributed by atoms with van der Waals surface area (Å²) in [6.07, 6.45) is 7.91.